The van der Waals surface area contributed by atoms with Gasteiger partial charge in [-0.2, -0.15) is 5.10 Å². The lowest BCUT2D eigenvalue weighted by Crippen LogP contribution is -2.31. The van der Waals surface area contributed by atoms with Crippen molar-refractivity contribution in [1.82, 2.24) is 15.1 Å². The second-order valence-corrected chi connectivity index (χ2v) is 5.78. The van der Waals surface area contributed by atoms with Crippen molar-refractivity contribution in [1.29, 1.82) is 0 Å². The molecule has 0 unspecified atom stereocenters. The van der Waals surface area contributed by atoms with Gasteiger partial charge in [0.15, 0.2) is 0 Å². The van der Waals surface area contributed by atoms with Crippen molar-refractivity contribution in [3.63, 3.8) is 0 Å². The van der Waals surface area contributed by atoms with Crippen molar-refractivity contribution in [3.05, 3.63) is 66.4 Å². The Balaban J connectivity index is 1.65. The lowest BCUT2D eigenvalue weighted by Gasteiger charge is -2.17. The number of nitrogens with one attached hydrogen (secondary N) is 1. The number of ether oxygens (including phenoxy) is 2. The molecule has 0 aliphatic rings. The Kier molecular flexibility index (Phi) is 5.53. The Labute approximate surface area is 152 Å². The molecule has 26 heavy (non-hydrogen) atoms. The molecule has 1 amide bonds. The maximum Gasteiger partial charge on any atom is 0.257 e. The third-order valence-electron chi connectivity index (χ3n) is 4.03. The minimum absolute atomic E-state index is 0.110. The summed E-state index contributed by atoms with van der Waals surface area (Å²) in [6.45, 7) is 0.892. The van der Waals surface area contributed by atoms with Crippen molar-refractivity contribution in [2.75, 3.05) is 27.3 Å². The largest absolute Gasteiger partial charge is 0.497 e. The molecule has 0 spiro atoms. The molecule has 0 aliphatic heterocycles. The monoisotopic (exact) mass is 351 g/mol. The van der Waals surface area contributed by atoms with Crippen molar-refractivity contribution < 1.29 is 14.3 Å². The maximum atomic E-state index is 12.8. The van der Waals surface area contributed by atoms with Gasteiger partial charge in [-0.15, -0.1) is 0 Å². The van der Waals surface area contributed by atoms with E-state index in [-0.39, 0.29) is 5.91 Å². The van der Waals surface area contributed by atoms with E-state index in [1.54, 1.807) is 25.3 Å². The highest BCUT2D eigenvalue weighted by Crippen LogP contribution is 2.24. The van der Waals surface area contributed by atoms with E-state index in [0.29, 0.717) is 24.4 Å². The highest BCUT2D eigenvalue weighted by Gasteiger charge is 2.19. The Morgan fingerprint density at radius 3 is 2.50 bits per heavy atom. The minimum atomic E-state index is -0.110. The number of likely N-dealkylation sites (N-methyl/N-ethyl adjacent to an activating group) is 1. The number of carbonyl (C=O) groups is 1. The highest BCUT2D eigenvalue weighted by molar-refractivity contribution is 5.99. The van der Waals surface area contributed by atoms with E-state index in [9.17, 15) is 4.79 Å². The van der Waals surface area contributed by atoms with E-state index in [4.69, 9.17) is 9.47 Å². The second kappa shape index (κ2) is 8.20. The number of aromatic amines is 1. The number of H-pyrrole nitrogens is 1. The van der Waals surface area contributed by atoms with Gasteiger partial charge in [0.25, 0.3) is 5.91 Å². The van der Waals surface area contributed by atoms with Crippen LogP contribution in [0.4, 0.5) is 0 Å². The number of nitrogens with zero attached hydrogens (tertiary/aromatic N) is 2. The average molecular weight is 351 g/mol. The molecule has 134 valence electrons. The quantitative estimate of drug-likeness (QED) is 0.710. The van der Waals surface area contributed by atoms with E-state index in [2.05, 4.69) is 10.2 Å². The molecule has 0 bridgehead atoms. The number of para-hydroxylation sites is 1. The zero-order chi connectivity index (χ0) is 18.4. The van der Waals surface area contributed by atoms with Gasteiger partial charge in [-0.3, -0.25) is 9.89 Å². The third kappa shape index (κ3) is 4.03. The molecule has 0 radical (unpaired) electrons. The summed E-state index contributed by atoms with van der Waals surface area (Å²) in [4.78, 5) is 14.4. The first-order valence-corrected chi connectivity index (χ1v) is 8.30. The molecule has 0 saturated carbocycles. The van der Waals surface area contributed by atoms with Gasteiger partial charge in [0, 0.05) is 12.6 Å². The number of hydrogen-bond donors (Lipinski definition) is 1. The summed E-state index contributed by atoms with van der Waals surface area (Å²) in [6, 6.07) is 17.0. The van der Waals surface area contributed by atoms with Crippen LogP contribution in [0.3, 0.4) is 0 Å². The fourth-order valence-corrected chi connectivity index (χ4v) is 2.55. The van der Waals surface area contributed by atoms with Gasteiger partial charge in [0.2, 0.25) is 0 Å². The molecule has 6 heteroatoms. The highest BCUT2D eigenvalue weighted by atomic mass is 16.5. The topological polar surface area (TPSA) is 67.5 Å². The third-order valence-corrected chi connectivity index (χ3v) is 4.03. The lowest BCUT2D eigenvalue weighted by atomic mass is 10.1. The summed E-state index contributed by atoms with van der Waals surface area (Å²) in [5.41, 5.74) is 2.09. The molecule has 3 aromatic rings. The molecule has 2 aromatic carbocycles. The van der Waals surface area contributed by atoms with E-state index in [1.165, 1.54) is 0 Å². The summed E-state index contributed by atoms with van der Waals surface area (Å²) in [6.07, 6.45) is 1.55. The Morgan fingerprint density at radius 1 is 1.08 bits per heavy atom. The minimum Gasteiger partial charge on any atom is -0.497 e. The molecular weight excluding hydrogens is 330 g/mol. The van der Waals surface area contributed by atoms with Gasteiger partial charge in [-0.1, -0.05) is 18.2 Å². The van der Waals surface area contributed by atoms with Crippen LogP contribution in [-0.4, -0.2) is 48.3 Å². The molecule has 0 saturated heterocycles. The van der Waals surface area contributed by atoms with Gasteiger partial charge in [0.1, 0.15) is 18.1 Å². The molecule has 0 aliphatic carbocycles. The van der Waals surface area contributed by atoms with Crippen molar-refractivity contribution in [2.45, 2.75) is 0 Å². The molecule has 3 rings (SSSR count). The van der Waals surface area contributed by atoms with Crippen LogP contribution in [-0.2, 0) is 0 Å². The molecule has 0 atom stereocenters. The maximum absolute atomic E-state index is 12.8. The summed E-state index contributed by atoms with van der Waals surface area (Å²) in [5, 5.41) is 6.95. The van der Waals surface area contributed by atoms with Crippen molar-refractivity contribution in [2.24, 2.45) is 0 Å². The van der Waals surface area contributed by atoms with Crippen LogP contribution in [0.1, 0.15) is 10.4 Å². The lowest BCUT2D eigenvalue weighted by molar-refractivity contribution is 0.0774. The van der Waals surface area contributed by atoms with Crippen molar-refractivity contribution >= 4 is 5.91 Å². The Morgan fingerprint density at radius 2 is 1.81 bits per heavy atom. The van der Waals surface area contributed by atoms with Crippen LogP contribution in [0, 0.1) is 0 Å². The van der Waals surface area contributed by atoms with Gasteiger partial charge < -0.3 is 14.4 Å². The predicted octanol–water partition coefficient (Wildman–Crippen LogP) is 3.24. The summed E-state index contributed by atoms with van der Waals surface area (Å²) in [5.74, 6) is 1.44. The van der Waals surface area contributed by atoms with Gasteiger partial charge in [-0.25, -0.2) is 0 Å². The van der Waals surface area contributed by atoms with Crippen LogP contribution >= 0.6 is 0 Å². The zero-order valence-corrected chi connectivity index (χ0v) is 14.8. The van der Waals surface area contributed by atoms with Crippen LogP contribution in [0.15, 0.2) is 60.8 Å². The predicted molar refractivity (Wildman–Crippen MR) is 99.5 cm³/mol. The second-order valence-electron chi connectivity index (χ2n) is 5.78. The number of benzene rings is 2. The molecule has 6 nitrogen and oxygen atoms in total. The summed E-state index contributed by atoms with van der Waals surface area (Å²) >= 11 is 0. The van der Waals surface area contributed by atoms with E-state index in [1.807, 2.05) is 54.6 Å². The zero-order valence-electron chi connectivity index (χ0n) is 14.8. The Bertz CT molecular complexity index is 844. The molecule has 1 N–H and O–H groups in total. The standard InChI is InChI=1S/C20H21N3O3/c1-23(12-13-26-17-6-4-3-5-7-17)20(24)18-14-21-22-19(18)15-8-10-16(25-2)11-9-15/h3-11,14H,12-13H2,1-2H3,(H,21,22). The van der Waals surface area contributed by atoms with Crippen molar-refractivity contribution in [3.8, 4) is 22.8 Å². The first-order valence-electron chi connectivity index (χ1n) is 8.30. The van der Waals surface area contributed by atoms with Gasteiger partial charge >= 0.3 is 0 Å². The number of amides is 1. The SMILES string of the molecule is COc1ccc(-c2[nH]ncc2C(=O)N(C)CCOc2ccccc2)cc1. The average Bonchev–Trinajstić information content (AvgIpc) is 3.18. The number of aromatic nitrogens is 2. The molecule has 1 heterocycles. The molecule has 1 aromatic heterocycles. The normalized spacial score (nSPS) is 10.4. The fraction of sp³-hybridized carbons (Fsp3) is 0.200. The number of hydrogen-bond acceptors (Lipinski definition) is 4. The van der Waals surface area contributed by atoms with Gasteiger partial charge in [-0.05, 0) is 36.4 Å². The number of rotatable bonds is 7. The first kappa shape index (κ1) is 17.5. The van der Waals surface area contributed by atoms with Crippen LogP contribution < -0.4 is 9.47 Å². The summed E-state index contributed by atoms with van der Waals surface area (Å²) in [7, 11) is 3.37. The Hall–Kier alpha value is -3.28. The molecular formula is C20H21N3O3. The fourth-order valence-electron chi connectivity index (χ4n) is 2.55. The van der Waals surface area contributed by atoms with E-state index >= 15 is 0 Å². The molecule has 0 fully saturated rings. The number of methoxy groups -OCH3 is 1. The summed E-state index contributed by atoms with van der Waals surface area (Å²) < 4.78 is 10.8. The van der Waals surface area contributed by atoms with E-state index in [0.717, 1.165) is 17.1 Å². The van der Waals surface area contributed by atoms with Crippen LogP contribution in [0.2, 0.25) is 0 Å². The van der Waals surface area contributed by atoms with E-state index < -0.39 is 0 Å². The number of carbonyl (C=O) groups excluding carboxylic acids is 1. The van der Waals surface area contributed by atoms with Crippen LogP contribution in [0.25, 0.3) is 11.3 Å². The van der Waals surface area contributed by atoms with Gasteiger partial charge in [0.05, 0.1) is 31.1 Å². The van der Waals surface area contributed by atoms with Crippen LogP contribution in [0.5, 0.6) is 11.5 Å². The first-order chi connectivity index (χ1) is 12.7. The smallest absolute Gasteiger partial charge is 0.257 e.